The summed E-state index contributed by atoms with van der Waals surface area (Å²) in [4.78, 5) is 0. The largest absolute Gasteiger partial charge is 2.00 e. The summed E-state index contributed by atoms with van der Waals surface area (Å²) in [6.07, 6.45) is 0. The molecule has 0 saturated heterocycles. The molecular formula is H80Cl100Mg10. The SMILES string of the molecule is Cl.Cl.Cl.Cl.Cl.Cl.Cl.Cl.Cl.Cl.Cl.Cl.Cl.Cl.Cl.Cl.Cl.Cl.Cl.Cl.Cl.Cl.Cl.Cl.Cl.Cl.Cl.Cl.Cl.Cl.Cl.Cl.Cl.Cl.Cl.Cl.Cl.Cl.Cl.Cl.Cl.Cl.Cl.Cl.Cl.Cl.Cl.Cl.Cl.Cl.Cl.Cl.Cl.Cl.Cl.Cl.Cl.Cl.Cl.Cl.Cl.Cl.Cl.Cl.Cl.Cl.Cl.Cl.Cl.Cl.Cl.Cl.Cl.Cl.Cl.Cl.Cl.Cl.Cl.Cl.[Cl-].[Cl-].[Cl-].[Cl-].[Cl-].[Cl-].[Cl-].[Cl-].[Cl-].[Cl-].[Cl-].[Cl-].[Cl-].[Cl-].[Cl-].[Cl-].[Cl-].[Cl-].[Cl-].[Cl-].[Mg+2].[Mg+2].[Mg+2].[Mg+2].[Mg+2].[Mg+2].[Mg+2].[Mg+2].[Mg+2].[Mg+2]. The average Bonchev–Trinajstić information content (AvgIpc) is 0. The molecule has 0 rings (SSSR count). The van der Waals surface area contributed by atoms with Crippen molar-refractivity contribution in [1.29, 1.82) is 0 Å². The molecule has 0 atom stereocenters. The van der Waals surface area contributed by atoms with E-state index < -0.39 is 0 Å². The van der Waals surface area contributed by atoms with Crippen molar-refractivity contribution in [3.05, 3.63) is 0 Å². The van der Waals surface area contributed by atoms with Crippen LogP contribution in [0.1, 0.15) is 0 Å². The number of rotatable bonds is 0. The summed E-state index contributed by atoms with van der Waals surface area (Å²) in [6.45, 7) is 0. The smallest absolute Gasteiger partial charge is 1.00 e. The van der Waals surface area contributed by atoms with Gasteiger partial charge in [0.1, 0.15) is 0 Å². The Morgan fingerprint density at radius 3 is 0.0273 bits per heavy atom. The maximum atomic E-state index is 0. The normalized spacial score (nSPS) is 0. The van der Waals surface area contributed by atoms with Crippen LogP contribution in [0.3, 0.4) is 0 Å². The third kappa shape index (κ3) is 2220. The standard InChI is InChI=1S/100ClH.10Mg/h100*1H;;;;;;;;;;/q;;;;;;;;;;;;;;;;;;;;;;;;;;;;;;;;;;;;;;;;;;;;;;;;;;;;;;;;;;;;;;;;;;;;;;;;;;;;;;;;;;;;;;;;;;;;;;;;;;;;10*+2/p-20. The molecule has 110 heteroatoms. The van der Waals surface area contributed by atoms with Crippen molar-refractivity contribution in [2.75, 3.05) is 0 Å². The zero-order valence-corrected chi connectivity index (χ0v) is 142. The zero-order chi connectivity index (χ0) is 0. The Kier molecular flexibility index (Phi) is 47700. The van der Waals surface area contributed by atoms with Gasteiger partial charge in [0.2, 0.25) is 0 Å². The molecule has 0 saturated carbocycles. The van der Waals surface area contributed by atoms with E-state index in [0.717, 1.165) is 0 Å². The van der Waals surface area contributed by atoms with Crippen LogP contribution in [0.15, 0.2) is 0 Å². The fourth-order valence-electron chi connectivity index (χ4n) is 0. The molecule has 0 aromatic heterocycles. The van der Waals surface area contributed by atoms with Gasteiger partial charge in [0.15, 0.2) is 0 Å². The Hall–Kier alpha value is 36.7. The molecule has 800 valence electrons. The van der Waals surface area contributed by atoms with Gasteiger partial charge in [-0.3, -0.25) is 0 Å². The third-order valence-corrected chi connectivity index (χ3v) is 0. The minimum absolute atomic E-state index is 0. The molecule has 0 aliphatic carbocycles. The van der Waals surface area contributed by atoms with Gasteiger partial charge < -0.3 is 248 Å². The maximum Gasteiger partial charge on any atom is 2.00 e. The van der Waals surface area contributed by atoms with Gasteiger partial charge in [0.25, 0.3) is 0 Å². The summed E-state index contributed by atoms with van der Waals surface area (Å²) in [7, 11) is 0. The quantitative estimate of drug-likeness (QED) is 0.212. The van der Waals surface area contributed by atoms with Gasteiger partial charge in [-0.15, -0.1) is 993 Å². The van der Waals surface area contributed by atoms with Crippen molar-refractivity contribution >= 4 is 1220 Å². The van der Waals surface area contributed by atoms with Gasteiger partial charge in [-0.2, -0.15) is 0 Å². The van der Waals surface area contributed by atoms with Crippen LogP contribution in [0, 0.1) is 0 Å². The Bertz CT molecular complexity index is 48.3. The van der Waals surface area contributed by atoms with Crippen LogP contribution in [0.4, 0.5) is 0 Å². The molecule has 0 N–H and O–H groups in total. The van der Waals surface area contributed by atoms with E-state index in [-0.39, 0.29) is 1470 Å². The molecular weight excluding hydrogens is 3790 g/mol. The predicted octanol–water partition coefficient (Wildman–Crippen LogP) is -30.0. The first-order chi connectivity index (χ1) is 0. The summed E-state index contributed by atoms with van der Waals surface area (Å²) in [6, 6.07) is 0. The molecule has 0 aromatic rings. The van der Waals surface area contributed by atoms with E-state index in [2.05, 4.69) is 0 Å². The average molecular weight is 3870 g/mol. The van der Waals surface area contributed by atoms with Crippen LogP contribution in [0.2, 0.25) is 0 Å². The number of hydrogen-bond donors (Lipinski definition) is 0. The monoisotopic (exact) mass is 3820 g/mol. The zero-order valence-electron chi connectivity index (χ0n) is 47.3. The molecule has 0 aliphatic rings. The second-order valence-corrected chi connectivity index (χ2v) is 0. The van der Waals surface area contributed by atoms with Crippen LogP contribution in [-0.2, 0) is 0 Å². The Morgan fingerprint density at radius 2 is 0.0273 bits per heavy atom. The summed E-state index contributed by atoms with van der Waals surface area (Å²) in [5.74, 6) is 0. The van der Waals surface area contributed by atoms with E-state index in [1.54, 1.807) is 0 Å². The first-order valence-electron chi connectivity index (χ1n) is 0. The molecule has 0 spiro atoms. The first kappa shape index (κ1) is 2320. The van der Waals surface area contributed by atoms with Crippen molar-refractivity contribution in [1.82, 2.24) is 0 Å². The van der Waals surface area contributed by atoms with E-state index in [4.69, 9.17) is 0 Å². The van der Waals surface area contributed by atoms with E-state index in [0.29, 0.717) is 0 Å². The van der Waals surface area contributed by atoms with Crippen LogP contribution < -0.4 is 248 Å². The van der Waals surface area contributed by atoms with E-state index in [1.165, 1.54) is 0 Å². The van der Waals surface area contributed by atoms with Crippen molar-refractivity contribution in [2.45, 2.75) is 0 Å². The van der Waals surface area contributed by atoms with Crippen molar-refractivity contribution in [2.24, 2.45) is 0 Å². The van der Waals surface area contributed by atoms with Crippen LogP contribution in [0.5, 0.6) is 0 Å². The fourth-order valence-corrected chi connectivity index (χ4v) is 0. The summed E-state index contributed by atoms with van der Waals surface area (Å²) in [5.41, 5.74) is 0. The maximum absolute atomic E-state index is 0. The van der Waals surface area contributed by atoms with Gasteiger partial charge in [0.05, 0.1) is 0 Å². The van der Waals surface area contributed by atoms with E-state index in [9.17, 15) is 0 Å². The second kappa shape index (κ2) is 2270. The van der Waals surface area contributed by atoms with Crippen LogP contribution in [-0.4, -0.2) is 231 Å². The molecule has 110 heavy (non-hydrogen) atoms. The topological polar surface area (TPSA) is 0 Å². The molecule has 0 bridgehead atoms. The summed E-state index contributed by atoms with van der Waals surface area (Å²) >= 11 is 0. The van der Waals surface area contributed by atoms with Gasteiger partial charge in [-0.1, -0.05) is 0 Å². The van der Waals surface area contributed by atoms with Gasteiger partial charge in [0, 0.05) is 0 Å². The molecule has 0 radical (unpaired) electrons. The minimum Gasteiger partial charge on any atom is -1.00 e. The predicted molar refractivity (Wildman–Crippen MR) is 637 cm³/mol. The fraction of sp³-hybridized carbons (Fsp3) is 0. The molecule has 0 aliphatic heterocycles. The first-order valence-corrected chi connectivity index (χ1v) is 0. The van der Waals surface area contributed by atoms with Crippen LogP contribution in [0.25, 0.3) is 0 Å². The van der Waals surface area contributed by atoms with E-state index >= 15 is 0 Å². The Balaban J connectivity index is 0. The van der Waals surface area contributed by atoms with Gasteiger partial charge in [-0.25, -0.2) is 0 Å². The van der Waals surface area contributed by atoms with Crippen molar-refractivity contribution in [3.8, 4) is 0 Å². The Morgan fingerprint density at radius 1 is 0.0273 bits per heavy atom. The van der Waals surface area contributed by atoms with Gasteiger partial charge in [-0.05, 0) is 0 Å². The van der Waals surface area contributed by atoms with E-state index in [1.807, 2.05) is 0 Å². The van der Waals surface area contributed by atoms with Crippen molar-refractivity contribution < 1.29 is 248 Å². The van der Waals surface area contributed by atoms with Crippen molar-refractivity contribution in [3.63, 3.8) is 0 Å². The number of hydrogen-bond acceptors (Lipinski definition) is 0. The second-order valence-electron chi connectivity index (χ2n) is 0. The van der Waals surface area contributed by atoms with Crippen LogP contribution >= 0.6 is 993 Å². The molecule has 0 heterocycles. The summed E-state index contributed by atoms with van der Waals surface area (Å²) < 4.78 is 0. The number of halogens is 100. The summed E-state index contributed by atoms with van der Waals surface area (Å²) in [5, 5.41) is 0. The molecule has 0 fully saturated rings. The minimum atomic E-state index is 0. The Labute approximate surface area is 1440 Å². The molecule has 0 aromatic carbocycles. The molecule has 0 nitrogen and oxygen atoms in total. The molecule has 0 amide bonds. The van der Waals surface area contributed by atoms with Gasteiger partial charge >= 0.3 is 231 Å². The molecule has 0 unspecified atom stereocenters. The third-order valence-electron chi connectivity index (χ3n) is 0.